The summed E-state index contributed by atoms with van der Waals surface area (Å²) < 4.78 is 12.7. The highest BCUT2D eigenvalue weighted by Gasteiger charge is 2.08. The van der Waals surface area contributed by atoms with E-state index in [9.17, 15) is 9.18 Å². The molecule has 1 amide bonds. The Morgan fingerprint density at radius 2 is 2.21 bits per heavy atom. The molecule has 4 heteroatoms. The van der Waals surface area contributed by atoms with E-state index < -0.39 is 6.04 Å². The quantitative estimate of drug-likeness (QED) is 0.751. The van der Waals surface area contributed by atoms with Crippen molar-refractivity contribution in [3.63, 3.8) is 0 Å². The van der Waals surface area contributed by atoms with Gasteiger partial charge in [0, 0.05) is 5.69 Å². The molecule has 0 bridgehead atoms. The molecule has 0 aliphatic heterocycles. The van der Waals surface area contributed by atoms with Gasteiger partial charge >= 0.3 is 0 Å². The van der Waals surface area contributed by atoms with Crippen molar-refractivity contribution in [2.24, 2.45) is 5.73 Å². The van der Waals surface area contributed by atoms with Gasteiger partial charge in [-0.15, -0.1) is 0 Å². The van der Waals surface area contributed by atoms with E-state index in [1.807, 2.05) is 0 Å². The second kappa shape index (κ2) is 4.19. The van der Waals surface area contributed by atoms with E-state index in [0.717, 1.165) is 0 Å². The lowest BCUT2D eigenvalue weighted by Gasteiger charge is -2.09. The van der Waals surface area contributed by atoms with Crippen LogP contribution in [0.25, 0.3) is 0 Å². The van der Waals surface area contributed by atoms with Gasteiger partial charge in [0.25, 0.3) is 0 Å². The topological polar surface area (TPSA) is 55.1 Å². The van der Waals surface area contributed by atoms with Gasteiger partial charge in [0.15, 0.2) is 0 Å². The lowest BCUT2D eigenvalue weighted by Crippen LogP contribution is -2.32. The molecule has 0 radical (unpaired) electrons. The summed E-state index contributed by atoms with van der Waals surface area (Å²) in [4.78, 5) is 11.2. The first-order valence-corrected chi connectivity index (χ1v) is 4.33. The number of carbonyl (C=O) groups is 1. The number of carbonyl (C=O) groups excluding carboxylic acids is 1. The van der Waals surface area contributed by atoms with Gasteiger partial charge < -0.3 is 11.1 Å². The highest BCUT2D eigenvalue weighted by molar-refractivity contribution is 5.94. The zero-order valence-corrected chi connectivity index (χ0v) is 8.17. The Balaban J connectivity index is 2.82. The summed E-state index contributed by atoms with van der Waals surface area (Å²) >= 11 is 0. The third-order valence-electron chi connectivity index (χ3n) is 1.86. The summed E-state index contributed by atoms with van der Waals surface area (Å²) in [5, 5.41) is 2.61. The van der Waals surface area contributed by atoms with Gasteiger partial charge in [0.2, 0.25) is 5.91 Å². The van der Waals surface area contributed by atoms with Crippen LogP contribution in [0, 0.1) is 12.7 Å². The van der Waals surface area contributed by atoms with Crippen molar-refractivity contribution in [3.05, 3.63) is 29.6 Å². The van der Waals surface area contributed by atoms with Crippen molar-refractivity contribution in [3.8, 4) is 0 Å². The van der Waals surface area contributed by atoms with Gasteiger partial charge in [-0.25, -0.2) is 4.39 Å². The molecule has 0 aliphatic carbocycles. The van der Waals surface area contributed by atoms with Crippen LogP contribution in [0.4, 0.5) is 10.1 Å². The maximum Gasteiger partial charge on any atom is 0.241 e. The Hall–Kier alpha value is -1.42. The fourth-order valence-corrected chi connectivity index (χ4v) is 1.01. The number of aryl methyl sites for hydroxylation is 1. The minimum Gasteiger partial charge on any atom is -0.325 e. The van der Waals surface area contributed by atoms with Crippen LogP contribution >= 0.6 is 0 Å². The standard InChI is InChI=1S/C10H13FN2O/c1-6-5-8(11)3-4-9(6)13-10(14)7(2)12/h3-5,7H,12H2,1-2H3,(H,13,14)/t7-/m1/s1. The summed E-state index contributed by atoms with van der Waals surface area (Å²) in [6.45, 7) is 3.31. The Morgan fingerprint density at radius 1 is 1.57 bits per heavy atom. The van der Waals surface area contributed by atoms with Crippen LogP contribution in [0.1, 0.15) is 12.5 Å². The summed E-state index contributed by atoms with van der Waals surface area (Å²) in [6, 6.07) is 3.60. The fraction of sp³-hybridized carbons (Fsp3) is 0.300. The van der Waals surface area contributed by atoms with Gasteiger partial charge in [-0.05, 0) is 37.6 Å². The Bertz CT molecular complexity index is 350. The average molecular weight is 196 g/mol. The first-order valence-electron chi connectivity index (χ1n) is 4.33. The van der Waals surface area contributed by atoms with Crippen LogP contribution < -0.4 is 11.1 Å². The van der Waals surface area contributed by atoms with Crippen molar-refractivity contribution in [2.45, 2.75) is 19.9 Å². The van der Waals surface area contributed by atoms with Gasteiger partial charge in [-0.3, -0.25) is 4.79 Å². The molecular formula is C10H13FN2O. The number of rotatable bonds is 2. The SMILES string of the molecule is Cc1cc(F)ccc1NC(=O)[C@@H](C)N. The number of benzene rings is 1. The van der Waals surface area contributed by atoms with Gasteiger partial charge in [0.05, 0.1) is 6.04 Å². The molecule has 0 saturated heterocycles. The van der Waals surface area contributed by atoms with Crippen LogP contribution in [0.3, 0.4) is 0 Å². The molecule has 0 saturated carbocycles. The molecule has 3 nitrogen and oxygen atoms in total. The monoisotopic (exact) mass is 196 g/mol. The highest BCUT2D eigenvalue weighted by Crippen LogP contribution is 2.15. The second-order valence-corrected chi connectivity index (χ2v) is 3.24. The van der Waals surface area contributed by atoms with Crippen molar-refractivity contribution >= 4 is 11.6 Å². The molecule has 1 aromatic rings. The third-order valence-corrected chi connectivity index (χ3v) is 1.86. The van der Waals surface area contributed by atoms with Crippen LogP contribution in [-0.4, -0.2) is 11.9 Å². The number of nitrogens with two attached hydrogens (primary N) is 1. The number of hydrogen-bond donors (Lipinski definition) is 2. The molecule has 14 heavy (non-hydrogen) atoms. The molecular weight excluding hydrogens is 183 g/mol. The molecule has 0 aromatic heterocycles. The van der Waals surface area contributed by atoms with Crippen LogP contribution in [0.5, 0.6) is 0 Å². The molecule has 1 atom stereocenters. The number of hydrogen-bond acceptors (Lipinski definition) is 2. The zero-order valence-electron chi connectivity index (χ0n) is 8.17. The van der Waals surface area contributed by atoms with E-state index in [-0.39, 0.29) is 11.7 Å². The molecule has 0 fully saturated rings. The smallest absolute Gasteiger partial charge is 0.241 e. The number of halogens is 1. The van der Waals surface area contributed by atoms with Gasteiger partial charge in [-0.2, -0.15) is 0 Å². The molecule has 0 unspecified atom stereocenters. The van der Waals surface area contributed by atoms with Crippen LogP contribution in [0.2, 0.25) is 0 Å². The third kappa shape index (κ3) is 2.53. The summed E-state index contributed by atoms with van der Waals surface area (Å²) in [6.07, 6.45) is 0. The molecule has 0 heterocycles. The molecule has 76 valence electrons. The number of amides is 1. The predicted octanol–water partition coefficient (Wildman–Crippen LogP) is 1.42. The molecule has 3 N–H and O–H groups in total. The lowest BCUT2D eigenvalue weighted by molar-refractivity contribution is -0.117. The summed E-state index contributed by atoms with van der Waals surface area (Å²) in [7, 11) is 0. The Labute approximate surface area is 82.1 Å². The largest absolute Gasteiger partial charge is 0.325 e. The number of nitrogens with one attached hydrogen (secondary N) is 1. The molecule has 0 aliphatic rings. The van der Waals surface area contributed by atoms with Crippen molar-refractivity contribution in [1.82, 2.24) is 0 Å². The van der Waals surface area contributed by atoms with Crippen molar-refractivity contribution in [2.75, 3.05) is 5.32 Å². The predicted molar refractivity (Wildman–Crippen MR) is 53.4 cm³/mol. The molecule has 0 spiro atoms. The first kappa shape index (κ1) is 10.7. The normalized spacial score (nSPS) is 12.3. The van der Waals surface area contributed by atoms with E-state index in [2.05, 4.69) is 5.32 Å². The van der Waals surface area contributed by atoms with Crippen molar-refractivity contribution < 1.29 is 9.18 Å². The van der Waals surface area contributed by atoms with E-state index in [0.29, 0.717) is 11.3 Å². The maximum absolute atomic E-state index is 12.7. The van der Waals surface area contributed by atoms with Crippen molar-refractivity contribution in [1.29, 1.82) is 0 Å². The highest BCUT2D eigenvalue weighted by atomic mass is 19.1. The lowest BCUT2D eigenvalue weighted by atomic mass is 10.2. The Morgan fingerprint density at radius 3 is 2.71 bits per heavy atom. The Kier molecular flexibility index (Phi) is 3.19. The van der Waals surface area contributed by atoms with E-state index >= 15 is 0 Å². The molecule has 1 aromatic carbocycles. The minimum absolute atomic E-state index is 0.278. The fourth-order valence-electron chi connectivity index (χ4n) is 1.01. The summed E-state index contributed by atoms with van der Waals surface area (Å²) in [5.41, 5.74) is 6.65. The second-order valence-electron chi connectivity index (χ2n) is 3.24. The zero-order chi connectivity index (χ0) is 10.7. The van der Waals surface area contributed by atoms with Gasteiger partial charge in [-0.1, -0.05) is 0 Å². The minimum atomic E-state index is -0.570. The van der Waals surface area contributed by atoms with E-state index in [4.69, 9.17) is 5.73 Å². The van der Waals surface area contributed by atoms with E-state index in [1.165, 1.54) is 18.2 Å². The maximum atomic E-state index is 12.7. The van der Waals surface area contributed by atoms with Crippen LogP contribution in [0.15, 0.2) is 18.2 Å². The van der Waals surface area contributed by atoms with Gasteiger partial charge in [0.1, 0.15) is 5.82 Å². The molecule has 1 rings (SSSR count). The summed E-state index contributed by atoms with van der Waals surface area (Å²) in [5.74, 6) is -0.596. The average Bonchev–Trinajstić information content (AvgIpc) is 2.09. The number of anilines is 1. The van der Waals surface area contributed by atoms with E-state index in [1.54, 1.807) is 13.8 Å². The van der Waals surface area contributed by atoms with Crippen LogP contribution in [-0.2, 0) is 4.79 Å². The first-order chi connectivity index (χ1) is 6.50.